The van der Waals surface area contributed by atoms with Gasteiger partial charge in [-0.05, 0) is 11.4 Å². The molecule has 0 fully saturated rings. The van der Waals surface area contributed by atoms with E-state index in [1.54, 1.807) is 17.5 Å². The van der Waals surface area contributed by atoms with E-state index in [1.807, 2.05) is 0 Å². The second-order valence-electron chi connectivity index (χ2n) is 3.18. The molecule has 0 bridgehead atoms. The molecular formula is C11H6Cl2O2S. The fourth-order valence-electron chi connectivity index (χ4n) is 1.35. The van der Waals surface area contributed by atoms with Gasteiger partial charge in [-0.15, -0.1) is 11.3 Å². The second kappa shape index (κ2) is 4.53. The van der Waals surface area contributed by atoms with E-state index in [2.05, 4.69) is 0 Å². The van der Waals surface area contributed by atoms with Crippen molar-refractivity contribution in [2.45, 2.75) is 6.42 Å². The van der Waals surface area contributed by atoms with Crippen molar-refractivity contribution < 1.29 is 9.59 Å². The number of Topliss-reactive ketones (excluding diaryl/α,β-unsaturated/α-hetero) is 2. The fourth-order valence-corrected chi connectivity index (χ4v) is 2.47. The van der Waals surface area contributed by atoms with E-state index in [9.17, 15) is 9.59 Å². The Bertz CT molecular complexity index is 512. The van der Waals surface area contributed by atoms with Crippen molar-refractivity contribution >= 4 is 46.1 Å². The predicted molar refractivity (Wildman–Crippen MR) is 65.1 cm³/mol. The molecule has 16 heavy (non-hydrogen) atoms. The highest BCUT2D eigenvalue weighted by Crippen LogP contribution is 2.31. The van der Waals surface area contributed by atoms with E-state index in [0.717, 1.165) is 0 Å². The molecule has 1 aliphatic rings. The zero-order valence-corrected chi connectivity index (χ0v) is 10.3. The van der Waals surface area contributed by atoms with Crippen LogP contribution in [0.3, 0.4) is 0 Å². The van der Waals surface area contributed by atoms with Gasteiger partial charge < -0.3 is 0 Å². The van der Waals surface area contributed by atoms with Gasteiger partial charge in [-0.3, -0.25) is 9.59 Å². The highest BCUT2D eigenvalue weighted by molar-refractivity contribution is 7.12. The molecule has 0 amide bonds. The normalized spacial score (nSPS) is 16.4. The Kier molecular flexibility index (Phi) is 3.28. The summed E-state index contributed by atoms with van der Waals surface area (Å²) in [5, 5.41) is 1.81. The maximum Gasteiger partial charge on any atom is 0.204 e. The molecule has 1 heterocycles. The summed E-state index contributed by atoms with van der Waals surface area (Å²) in [7, 11) is 0. The Morgan fingerprint density at radius 1 is 1.31 bits per heavy atom. The van der Waals surface area contributed by atoms with Crippen LogP contribution in [0.15, 0.2) is 39.2 Å². The Labute approximate surface area is 106 Å². The minimum atomic E-state index is -0.255. The SMILES string of the molecule is O=C1CC=C(C(=O)c2cccs2)C(Cl)=C1Cl. The number of halogens is 2. The average Bonchev–Trinajstić information content (AvgIpc) is 2.79. The largest absolute Gasteiger partial charge is 0.293 e. The molecule has 2 nitrogen and oxygen atoms in total. The van der Waals surface area contributed by atoms with Crippen LogP contribution in [-0.4, -0.2) is 11.6 Å². The topological polar surface area (TPSA) is 34.1 Å². The van der Waals surface area contributed by atoms with Crippen molar-refractivity contribution in [2.24, 2.45) is 0 Å². The molecule has 82 valence electrons. The van der Waals surface area contributed by atoms with Gasteiger partial charge in [0.25, 0.3) is 0 Å². The first-order valence-electron chi connectivity index (χ1n) is 4.48. The summed E-state index contributed by atoms with van der Waals surface area (Å²) in [6.07, 6.45) is 1.65. The first-order valence-corrected chi connectivity index (χ1v) is 6.12. The van der Waals surface area contributed by atoms with Crippen LogP contribution in [0.5, 0.6) is 0 Å². The monoisotopic (exact) mass is 272 g/mol. The van der Waals surface area contributed by atoms with Crippen LogP contribution in [-0.2, 0) is 4.79 Å². The lowest BCUT2D eigenvalue weighted by Gasteiger charge is -2.11. The molecule has 0 N–H and O–H groups in total. The van der Waals surface area contributed by atoms with Crippen LogP contribution in [0.2, 0.25) is 0 Å². The molecule has 0 unspecified atom stereocenters. The number of allylic oxidation sites excluding steroid dienone is 4. The van der Waals surface area contributed by atoms with E-state index in [4.69, 9.17) is 23.2 Å². The van der Waals surface area contributed by atoms with Crippen molar-refractivity contribution in [1.29, 1.82) is 0 Å². The van der Waals surface area contributed by atoms with E-state index in [0.29, 0.717) is 10.5 Å². The summed E-state index contributed by atoms with van der Waals surface area (Å²) >= 11 is 12.9. The van der Waals surface area contributed by atoms with Crippen LogP contribution in [0.4, 0.5) is 0 Å². The van der Waals surface area contributed by atoms with Gasteiger partial charge in [-0.25, -0.2) is 0 Å². The molecule has 1 aromatic heterocycles. The standard InChI is InChI=1S/C11H6Cl2O2S/c12-9-6(3-4-7(14)10(9)13)11(15)8-2-1-5-16-8/h1-3,5H,4H2. The number of ketones is 2. The molecule has 0 radical (unpaired) electrons. The summed E-state index contributed by atoms with van der Waals surface area (Å²) in [4.78, 5) is 23.8. The van der Waals surface area contributed by atoms with Crippen molar-refractivity contribution in [1.82, 2.24) is 0 Å². The van der Waals surface area contributed by atoms with Gasteiger partial charge in [-0.2, -0.15) is 0 Å². The molecule has 1 aromatic rings. The maximum atomic E-state index is 12.0. The molecule has 0 spiro atoms. The first kappa shape index (κ1) is 11.6. The number of hydrogen-bond donors (Lipinski definition) is 0. The van der Waals surface area contributed by atoms with E-state index < -0.39 is 0 Å². The Hall–Kier alpha value is -0.900. The number of thiophene rings is 1. The van der Waals surface area contributed by atoms with Crippen LogP contribution in [0.1, 0.15) is 16.1 Å². The summed E-state index contributed by atoms with van der Waals surface area (Å²) in [6, 6.07) is 3.49. The third-order valence-electron chi connectivity index (χ3n) is 2.16. The van der Waals surface area contributed by atoms with Gasteiger partial charge in [0, 0.05) is 12.0 Å². The lowest BCUT2D eigenvalue weighted by molar-refractivity contribution is -0.114. The van der Waals surface area contributed by atoms with Crippen molar-refractivity contribution in [3.63, 3.8) is 0 Å². The molecule has 0 aromatic carbocycles. The molecule has 2 rings (SSSR count). The molecular weight excluding hydrogens is 267 g/mol. The Morgan fingerprint density at radius 3 is 2.69 bits per heavy atom. The summed E-state index contributed by atoms with van der Waals surface area (Å²) in [5.74, 6) is -0.444. The Balaban J connectivity index is 2.37. The zero-order chi connectivity index (χ0) is 11.7. The van der Waals surface area contributed by atoms with Gasteiger partial charge >= 0.3 is 0 Å². The van der Waals surface area contributed by atoms with Crippen LogP contribution < -0.4 is 0 Å². The minimum absolute atomic E-state index is 0.0518. The van der Waals surface area contributed by atoms with E-state index in [1.165, 1.54) is 17.4 Å². The van der Waals surface area contributed by atoms with E-state index >= 15 is 0 Å². The zero-order valence-electron chi connectivity index (χ0n) is 8.00. The van der Waals surface area contributed by atoms with Crippen molar-refractivity contribution in [2.75, 3.05) is 0 Å². The lowest BCUT2D eigenvalue weighted by Crippen LogP contribution is -2.11. The number of carbonyl (C=O) groups is 2. The lowest BCUT2D eigenvalue weighted by atomic mass is 10.0. The van der Waals surface area contributed by atoms with Crippen LogP contribution in [0.25, 0.3) is 0 Å². The number of hydrogen-bond acceptors (Lipinski definition) is 3. The van der Waals surface area contributed by atoms with Gasteiger partial charge in [0.1, 0.15) is 5.03 Å². The average molecular weight is 273 g/mol. The van der Waals surface area contributed by atoms with Crippen molar-refractivity contribution in [3.8, 4) is 0 Å². The quantitative estimate of drug-likeness (QED) is 0.772. The van der Waals surface area contributed by atoms with Crippen LogP contribution >= 0.6 is 34.5 Å². The predicted octanol–water partition coefficient (Wildman–Crippen LogP) is 3.52. The van der Waals surface area contributed by atoms with Crippen LogP contribution in [0, 0.1) is 0 Å². The summed E-state index contributed by atoms with van der Waals surface area (Å²) in [6.45, 7) is 0. The highest BCUT2D eigenvalue weighted by atomic mass is 35.5. The molecule has 0 saturated heterocycles. The number of rotatable bonds is 2. The summed E-state index contributed by atoms with van der Waals surface area (Å²) in [5.41, 5.74) is 0.314. The van der Waals surface area contributed by atoms with Gasteiger partial charge in [0.15, 0.2) is 5.78 Å². The fraction of sp³-hybridized carbons (Fsp3) is 0.0909. The minimum Gasteiger partial charge on any atom is -0.293 e. The van der Waals surface area contributed by atoms with Gasteiger partial charge in [0.2, 0.25) is 5.78 Å². The van der Waals surface area contributed by atoms with Gasteiger partial charge in [-0.1, -0.05) is 35.3 Å². The number of carbonyl (C=O) groups excluding carboxylic acids is 2. The highest BCUT2D eigenvalue weighted by Gasteiger charge is 2.25. The molecule has 5 heteroatoms. The Morgan fingerprint density at radius 2 is 2.06 bits per heavy atom. The molecule has 0 aliphatic heterocycles. The molecule has 0 atom stereocenters. The van der Waals surface area contributed by atoms with Gasteiger partial charge in [0.05, 0.1) is 9.91 Å². The second-order valence-corrected chi connectivity index (χ2v) is 4.88. The molecule has 0 saturated carbocycles. The first-order chi connectivity index (χ1) is 7.61. The smallest absolute Gasteiger partial charge is 0.204 e. The maximum absolute atomic E-state index is 12.0. The third kappa shape index (κ3) is 1.98. The summed E-state index contributed by atoms with van der Waals surface area (Å²) < 4.78 is 0. The molecule has 1 aliphatic carbocycles. The third-order valence-corrected chi connectivity index (χ3v) is 3.91. The van der Waals surface area contributed by atoms with E-state index in [-0.39, 0.29) is 28.1 Å². The van der Waals surface area contributed by atoms with Crippen molar-refractivity contribution in [3.05, 3.63) is 44.1 Å².